The van der Waals surface area contributed by atoms with E-state index in [-0.39, 0.29) is 5.91 Å². The average molecular weight is 472 g/mol. The van der Waals surface area contributed by atoms with Crippen LogP contribution < -0.4 is 0 Å². The Labute approximate surface area is 203 Å². The van der Waals surface area contributed by atoms with Crippen LogP contribution in [0.3, 0.4) is 0 Å². The van der Waals surface area contributed by atoms with E-state index in [2.05, 4.69) is 57.0 Å². The highest BCUT2D eigenvalue weighted by atomic mass is 32.1. The van der Waals surface area contributed by atoms with Crippen molar-refractivity contribution in [2.75, 3.05) is 13.6 Å². The Kier molecular flexibility index (Phi) is 5.67. The molecule has 34 heavy (non-hydrogen) atoms. The van der Waals surface area contributed by atoms with Gasteiger partial charge in [-0.05, 0) is 35.1 Å². The molecule has 1 aliphatic heterocycles. The molecule has 0 radical (unpaired) electrons. The molecule has 0 atom stereocenters. The van der Waals surface area contributed by atoms with Crippen LogP contribution in [0.1, 0.15) is 45.8 Å². The number of fused-ring (bicyclic) bond motifs is 2. The van der Waals surface area contributed by atoms with Crippen molar-refractivity contribution in [1.82, 2.24) is 24.6 Å². The maximum Gasteiger partial charge on any atom is 0.274 e. The monoisotopic (exact) mass is 471 g/mol. The zero-order valence-electron chi connectivity index (χ0n) is 19.5. The summed E-state index contributed by atoms with van der Waals surface area (Å²) in [5, 5.41) is 9.47. The van der Waals surface area contributed by atoms with Crippen molar-refractivity contribution in [2.45, 2.75) is 45.4 Å². The first kappa shape index (κ1) is 21.5. The highest BCUT2D eigenvalue weighted by molar-refractivity contribution is 7.07. The van der Waals surface area contributed by atoms with Gasteiger partial charge >= 0.3 is 0 Å². The van der Waals surface area contributed by atoms with Crippen molar-refractivity contribution in [3.05, 3.63) is 81.6 Å². The van der Waals surface area contributed by atoms with Gasteiger partial charge < -0.3 is 4.90 Å². The van der Waals surface area contributed by atoms with E-state index in [1.165, 1.54) is 34.9 Å². The fourth-order valence-electron chi connectivity index (χ4n) is 5.03. The molecule has 2 aromatic heterocycles. The Bertz CT molecular complexity index is 1320. The van der Waals surface area contributed by atoms with Crippen LogP contribution >= 0.6 is 11.3 Å². The largest absolute Gasteiger partial charge is 0.334 e. The molecule has 6 nitrogen and oxygen atoms in total. The average Bonchev–Trinajstić information content (AvgIpc) is 3.39. The van der Waals surface area contributed by atoms with Gasteiger partial charge in [0, 0.05) is 56.3 Å². The van der Waals surface area contributed by atoms with Gasteiger partial charge in [0.1, 0.15) is 0 Å². The Morgan fingerprint density at radius 3 is 2.85 bits per heavy atom. The summed E-state index contributed by atoms with van der Waals surface area (Å²) in [5.41, 5.74) is 7.06. The van der Waals surface area contributed by atoms with Crippen molar-refractivity contribution in [3.8, 4) is 0 Å². The van der Waals surface area contributed by atoms with Crippen LogP contribution in [0.4, 0.5) is 0 Å². The number of rotatable bonds is 7. The number of carbonyl (C=O) groups is 1. The molecular formula is C27H29N5OS. The van der Waals surface area contributed by atoms with Crippen LogP contribution in [0.25, 0.3) is 10.8 Å². The van der Waals surface area contributed by atoms with Gasteiger partial charge in [-0.2, -0.15) is 5.10 Å². The number of benzene rings is 2. The van der Waals surface area contributed by atoms with Crippen LogP contribution in [-0.4, -0.2) is 44.1 Å². The summed E-state index contributed by atoms with van der Waals surface area (Å²) in [6.45, 7) is 4.06. The quantitative estimate of drug-likeness (QED) is 0.391. The molecule has 0 saturated heterocycles. The molecule has 1 amide bonds. The van der Waals surface area contributed by atoms with Gasteiger partial charge in [-0.3, -0.25) is 14.4 Å². The molecule has 7 heteroatoms. The zero-order chi connectivity index (χ0) is 23.1. The van der Waals surface area contributed by atoms with Gasteiger partial charge in [0.2, 0.25) is 0 Å². The summed E-state index contributed by atoms with van der Waals surface area (Å²) in [4.78, 5) is 22.1. The van der Waals surface area contributed by atoms with Gasteiger partial charge in [0.25, 0.3) is 5.91 Å². The van der Waals surface area contributed by atoms with E-state index >= 15 is 0 Å². The molecule has 1 fully saturated rings. The van der Waals surface area contributed by atoms with E-state index in [9.17, 15) is 4.79 Å². The third-order valence-corrected chi connectivity index (χ3v) is 7.68. The number of thiazole rings is 1. The molecular weight excluding hydrogens is 442 g/mol. The summed E-state index contributed by atoms with van der Waals surface area (Å²) in [5.74, 6) is 0.708. The van der Waals surface area contributed by atoms with E-state index in [4.69, 9.17) is 5.10 Å². The molecule has 0 N–H and O–H groups in total. The summed E-state index contributed by atoms with van der Waals surface area (Å²) in [7, 11) is 1.85. The van der Waals surface area contributed by atoms with Gasteiger partial charge in [-0.15, -0.1) is 11.3 Å². The summed E-state index contributed by atoms with van der Waals surface area (Å²) in [6.07, 6.45) is 3.48. The van der Waals surface area contributed by atoms with E-state index < -0.39 is 0 Å². The standard InChI is InChI=1S/C27H29N5OS/c1-30(15-22-17-34-18-28-22)27(33)26-24-16-31(12-11-25(24)32(29-26)13-19-9-10-19)14-21-7-4-6-20-5-2-3-8-23(20)21/h2-8,17-19H,9-16H2,1H3. The minimum absolute atomic E-state index is 0.00851. The third-order valence-electron chi connectivity index (χ3n) is 7.05. The SMILES string of the molecule is CN(Cc1cscn1)C(=O)c1nn(CC2CC2)c2c1CN(Cc1cccc3ccccc13)CC2. The first-order chi connectivity index (χ1) is 16.7. The van der Waals surface area contributed by atoms with Crippen LogP contribution in [-0.2, 0) is 32.6 Å². The highest BCUT2D eigenvalue weighted by Gasteiger charge is 2.32. The minimum Gasteiger partial charge on any atom is -0.334 e. The summed E-state index contributed by atoms with van der Waals surface area (Å²) in [6, 6.07) is 15.1. The normalized spacial score (nSPS) is 16.0. The molecule has 1 aliphatic carbocycles. The van der Waals surface area contributed by atoms with E-state index in [0.29, 0.717) is 18.2 Å². The van der Waals surface area contributed by atoms with Gasteiger partial charge in [0.15, 0.2) is 5.69 Å². The van der Waals surface area contributed by atoms with Crippen LogP contribution in [0, 0.1) is 5.92 Å². The van der Waals surface area contributed by atoms with Gasteiger partial charge in [-0.25, -0.2) is 4.98 Å². The number of carbonyl (C=O) groups excluding carboxylic acids is 1. The van der Waals surface area contributed by atoms with Crippen LogP contribution in [0.15, 0.2) is 53.4 Å². The molecule has 2 aliphatic rings. The Morgan fingerprint density at radius 1 is 1.18 bits per heavy atom. The lowest BCUT2D eigenvalue weighted by atomic mass is 10.0. The van der Waals surface area contributed by atoms with Crippen molar-refractivity contribution < 1.29 is 4.79 Å². The predicted molar refractivity (Wildman–Crippen MR) is 135 cm³/mol. The molecule has 1 saturated carbocycles. The maximum atomic E-state index is 13.5. The van der Waals surface area contributed by atoms with Crippen molar-refractivity contribution in [3.63, 3.8) is 0 Å². The lowest BCUT2D eigenvalue weighted by Gasteiger charge is -2.28. The highest BCUT2D eigenvalue weighted by Crippen LogP contribution is 2.33. The first-order valence-corrected chi connectivity index (χ1v) is 13.0. The molecule has 6 rings (SSSR count). The van der Waals surface area contributed by atoms with Crippen molar-refractivity contribution >= 4 is 28.0 Å². The van der Waals surface area contributed by atoms with Gasteiger partial charge in [-0.1, -0.05) is 42.5 Å². The topological polar surface area (TPSA) is 54.3 Å². The predicted octanol–water partition coefficient (Wildman–Crippen LogP) is 4.73. The molecule has 0 unspecified atom stereocenters. The first-order valence-electron chi connectivity index (χ1n) is 12.1. The van der Waals surface area contributed by atoms with E-state index in [1.807, 2.05) is 17.9 Å². The number of nitrogens with zero attached hydrogens (tertiary/aromatic N) is 5. The molecule has 2 aromatic carbocycles. The van der Waals surface area contributed by atoms with Crippen molar-refractivity contribution in [1.29, 1.82) is 0 Å². The second-order valence-corrected chi connectivity index (χ2v) is 10.4. The molecule has 174 valence electrons. The number of amides is 1. The van der Waals surface area contributed by atoms with E-state index in [1.54, 1.807) is 16.2 Å². The lowest BCUT2D eigenvalue weighted by Crippen LogP contribution is -2.33. The lowest BCUT2D eigenvalue weighted by molar-refractivity contribution is 0.0774. The second-order valence-electron chi connectivity index (χ2n) is 9.64. The van der Waals surface area contributed by atoms with Crippen LogP contribution in [0.5, 0.6) is 0 Å². The smallest absolute Gasteiger partial charge is 0.274 e. The van der Waals surface area contributed by atoms with Crippen LogP contribution in [0.2, 0.25) is 0 Å². The number of hydrogen-bond acceptors (Lipinski definition) is 5. The molecule has 0 spiro atoms. The van der Waals surface area contributed by atoms with E-state index in [0.717, 1.165) is 43.9 Å². The maximum absolute atomic E-state index is 13.5. The van der Waals surface area contributed by atoms with Crippen molar-refractivity contribution in [2.24, 2.45) is 5.92 Å². The fraction of sp³-hybridized carbons (Fsp3) is 0.370. The molecule has 0 bridgehead atoms. The molecule has 3 heterocycles. The summed E-state index contributed by atoms with van der Waals surface area (Å²) < 4.78 is 2.15. The van der Waals surface area contributed by atoms with Gasteiger partial charge in [0.05, 0.1) is 17.7 Å². The number of hydrogen-bond donors (Lipinski definition) is 0. The Morgan fingerprint density at radius 2 is 2.03 bits per heavy atom. The zero-order valence-corrected chi connectivity index (χ0v) is 20.3. The Balaban J connectivity index is 1.28. The summed E-state index contributed by atoms with van der Waals surface area (Å²) >= 11 is 1.56. The Hall–Kier alpha value is -3.03. The number of aromatic nitrogens is 3. The minimum atomic E-state index is -0.00851. The molecule has 4 aromatic rings. The fourth-order valence-corrected chi connectivity index (χ4v) is 5.58. The second kappa shape index (κ2) is 8.96. The third kappa shape index (κ3) is 4.26.